The van der Waals surface area contributed by atoms with Gasteiger partial charge in [0.2, 0.25) is 0 Å². The molecule has 0 aromatic heterocycles. The van der Waals surface area contributed by atoms with Crippen molar-refractivity contribution in [2.24, 2.45) is 28.6 Å². The van der Waals surface area contributed by atoms with E-state index in [9.17, 15) is 19.8 Å². The van der Waals surface area contributed by atoms with Crippen LogP contribution in [0, 0.1) is 40.4 Å². The lowest BCUT2D eigenvalue weighted by Crippen LogP contribution is -2.71. The van der Waals surface area contributed by atoms with Crippen LogP contribution in [-0.4, -0.2) is 70.6 Å². The Morgan fingerprint density at radius 3 is 2.67 bits per heavy atom. The first-order valence-corrected chi connectivity index (χ1v) is 15.1. The molecule has 0 aromatic carbocycles. The number of hydrogen-bond acceptors (Lipinski definition) is 6. The topological polar surface area (TPSA) is 87.1 Å². The largest absolute Gasteiger partial charge is 0.390 e. The Bertz CT molecular complexity index is 1350. The average molecular weight is 584 g/mol. The summed E-state index contributed by atoms with van der Waals surface area (Å²) in [6.45, 7) is 6.96. The van der Waals surface area contributed by atoms with Crippen molar-refractivity contribution in [2.45, 2.75) is 96.2 Å². The van der Waals surface area contributed by atoms with Crippen molar-refractivity contribution in [3.8, 4) is 11.8 Å². The Labute approximate surface area is 247 Å². The standard InChI is InChI=1S/C34H43F2NO5/c1-21-8-6-9-23(12-11-21)19-37(5)42-34(30(41)20-38)22(2)16-26-27-17-28(35)25-14-13-24(39)10-7-15-31(25,3)33(27,36)29(40)18-32(26,34)4/h11-13,22,26-29,38,40H,6,8-10,16-20H2,1-5H3/t14?,22-,26?,27?,28+,29?,31?,32?,33+,34+/m1/s1. The Balaban J connectivity index is 1.56. The van der Waals surface area contributed by atoms with E-state index in [1.807, 2.05) is 13.8 Å². The van der Waals surface area contributed by atoms with E-state index in [0.29, 0.717) is 13.0 Å². The first-order chi connectivity index (χ1) is 19.7. The molecule has 0 saturated heterocycles. The molecule has 5 aliphatic carbocycles. The van der Waals surface area contributed by atoms with Gasteiger partial charge in [-0.2, -0.15) is 5.06 Å². The summed E-state index contributed by atoms with van der Waals surface area (Å²) in [6.07, 6.45) is 4.83. The van der Waals surface area contributed by atoms with E-state index >= 15 is 8.78 Å². The van der Waals surface area contributed by atoms with Crippen LogP contribution in [0.15, 0.2) is 40.7 Å². The number of halogens is 2. The highest BCUT2D eigenvalue weighted by Gasteiger charge is 2.78. The van der Waals surface area contributed by atoms with Crippen LogP contribution in [0.1, 0.15) is 72.6 Å². The maximum Gasteiger partial charge on any atom is 0.192 e. The van der Waals surface area contributed by atoms with Gasteiger partial charge < -0.3 is 10.2 Å². The third-order valence-corrected chi connectivity index (χ3v) is 11.1. The summed E-state index contributed by atoms with van der Waals surface area (Å²) in [4.78, 5) is 32.4. The number of hydrogen-bond donors (Lipinski definition) is 2. The Kier molecular flexibility index (Phi) is 8.09. The highest BCUT2D eigenvalue weighted by atomic mass is 19.1. The molecule has 0 heterocycles. The lowest BCUT2D eigenvalue weighted by Gasteiger charge is -2.62. The predicted molar refractivity (Wildman–Crippen MR) is 154 cm³/mol. The molecule has 0 bridgehead atoms. The summed E-state index contributed by atoms with van der Waals surface area (Å²) >= 11 is 0. The number of hydroxylamine groups is 2. The number of nitrogens with zero attached hydrogens (tertiary/aromatic N) is 1. The maximum atomic E-state index is 17.7. The van der Waals surface area contributed by atoms with Crippen LogP contribution in [0.5, 0.6) is 0 Å². The van der Waals surface area contributed by atoms with E-state index in [1.165, 1.54) is 12.5 Å². The van der Waals surface area contributed by atoms with Crippen LogP contribution in [-0.2, 0) is 14.4 Å². The maximum absolute atomic E-state index is 17.7. The lowest BCUT2D eigenvalue weighted by molar-refractivity contribution is -0.289. The van der Waals surface area contributed by atoms with Crippen molar-refractivity contribution in [1.29, 1.82) is 0 Å². The molecule has 3 fully saturated rings. The number of alkyl halides is 2. The monoisotopic (exact) mass is 583 g/mol. The van der Waals surface area contributed by atoms with Crippen LogP contribution in [0.25, 0.3) is 0 Å². The third kappa shape index (κ3) is 4.43. The Morgan fingerprint density at radius 1 is 1.21 bits per heavy atom. The van der Waals surface area contributed by atoms with Crippen molar-refractivity contribution in [3.05, 3.63) is 40.7 Å². The molecule has 6 nitrogen and oxygen atoms in total. The SMILES string of the molecule is CC1=CC=C(CN(C)O[C@]2(C(=O)CO)[C@H](C)CC3C4C[C@H](F)C5=C=CC(=O)CC#CC5(C)[C@@]4(F)C(O)CC32C)CCC1. The van der Waals surface area contributed by atoms with Gasteiger partial charge in [0.15, 0.2) is 22.8 Å². The lowest BCUT2D eigenvalue weighted by atomic mass is 9.45. The first kappa shape index (κ1) is 31.0. The van der Waals surface area contributed by atoms with Gasteiger partial charge in [0.1, 0.15) is 12.8 Å². The fourth-order valence-corrected chi connectivity index (χ4v) is 9.13. The molecule has 8 heteroatoms. The van der Waals surface area contributed by atoms with E-state index in [2.05, 4.69) is 36.6 Å². The second kappa shape index (κ2) is 10.9. The molecule has 0 aliphatic heterocycles. The van der Waals surface area contributed by atoms with Gasteiger partial charge in [-0.3, -0.25) is 14.4 Å². The minimum atomic E-state index is -2.34. The molecule has 5 unspecified atom stereocenters. The number of aliphatic hydroxyl groups excluding tert-OH is 2. The fraction of sp³-hybridized carbons (Fsp3) is 0.676. The number of aliphatic hydroxyl groups is 2. The van der Waals surface area contributed by atoms with Gasteiger partial charge in [0.25, 0.3) is 0 Å². The normalized spacial score (nSPS) is 43.0. The Morgan fingerprint density at radius 2 is 1.95 bits per heavy atom. The summed E-state index contributed by atoms with van der Waals surface area (Å²) in [7, 11) is 1.75. The van der Waals surface area contributed by atoms with Crippen molar-refractivity contribution in [3.63, 3.8) is 0 Å². The molecule has 3 saturated carbocycles. The fourth-order valence-electron chi connectivity index (χ4n) is 9.13. The van der Waals surface area contributed by atoms with Gasteiger partial charge >= 0.3 is 0 Å². The zero-order valence-electron chi connectivity index (χ0n) is 25.3. The number of Topliss-reactive ketones (excluding diaryl/α,β-unsaturated/α-hetero) is 1. The summed E-state index contributed by atoms with van der Waals surface area (Å²) < 4.78 is 33.7. The summed E-state index contributed by atoms with van der Waals surface area (Å²) in [5, 5.41) is 23.6. The Hall–Kier alpha value is -2.40. The molecular weight excluding hydrogens is 540 g/mol. The highest BCUT2D eigenvalue weighted by Crippen LogP contribution is 2.71. The number of fused-ring (bicyclic) bond motifs is 5. The zero-order chi connectivity index (χ0) is 30.7. The van der Waals surface area contributed by atoms with Crippen molar-refractivity contribution >= 4 is 11.6 Å². The van der Waals surface area contributed by atoms with Crippen LogP contribution < -0.4 is 0 Å². The molecule has 0 spiro atoms. The molecular formula is C34H43F2NO5. The molecule has 0 aromatic rings. The zero-order valence-corrected chi connectivity index (χ0v) is 25.3. The molecule has 9 atom stereocenters. The minimum absolute atomic E-state index is 0.0508. The smallest absolute Gasteiger partial charge is 0.192 e. The van der Waals surface area contributed by atoms with Gasteiger partial charge in [-0.25, -0.2) is 8.78 Å². The van der Waals surface area contributed by atoms with Gasteiger partial charge in [-0.1, -0.05) is 49.0 Å². The quantitative estimate of drug-likeness (QED) is 0.266. The summed E-state index contributed by atoms with van der Waals surface area (Å²) in [5.74, 6) is 2.76. The van der Waals surface area contributed by atoms with E-state index < -0.39 is 64.5 Å². The van der Waals surface area contributed by atoms with Crippen LogP contribution in [0.3, 0.4) is 0 Å². The van der Waals surface area contributed by atoms with E-state index in [4.69, 9.17) is 4.84 Å². The van der Waals surface area contributed by atoms with Gasteiger partial charge in [0.05, 0.1) is 17.9 Å². The van der Waals surface area contributed by atoms with Crippen molar-refractivity contribution < 1.29 is 33.4 Å². The molecule has 2 N–H and O–H groups in total. The number of likely N-dealkylation sites (N-methyl/N-ethyl adjacent to an activating group) is 1. The van der Waals surface area contributed by atoms with Gasteiger partial charge in [0, 0.05) is 36.6 Å². The first-order valence-electron chi connectivity index (χ1n) is 15.1. The van der Waals surface area contributed by atoms with Crippen molar-refractivity contribution in [1.82, 2.24) is 5.06 Å². The highest BCUT2D eigenvalue weighted by molar-refractivity contribution is 5.92. The number of carbonyl (C=O) groups excluding carboxylic acids is 2. The predicted octanol–water partition coefficient (Wildman–Crippen LogP) is 4.76. The average Bonchev–Trinajstić information content (AvgIpc) is 3.02. The van der Waals surface area contributed by atoms with Crippen LogP contribution in [0.2, 0.25) is 0 Å². The number of rotatable bonds is 6. The second-order valence-electron chi connectivity index (χ2n) is 13.6. The van der Waals surface area contributed by atoms with Gasteiger partial charge in [-0.15, -0.1) is 5.73 Å². The number of ketones is 2. The molecule has 42 heavy (non-hydrogen) atoms. The van der Waals surface area contributed by atoms with Gasteiger partial charge in [-0.05, 0) is 64.2 Å². The minimum Gasteiger partial charge on any atom is -0.390 e. The summed E-state index contributed by atoms with van der Waals surface area (Å²) in [6, 6.07) is 0. The van der Waals surface area contributed by atoms with E-state index in [0.717, 1.165) is 30.9 Å². The summed E-state index contributed by atoms with van der Waals surface area (Å²) in [5.41, 5.74) is -1.60. The third-order valence-electron chi connectivity index (χ3n) is 11.1. The molecule has 5 aliphatic rings. The molecule has 228 valence electrons. The van der Waals surface area contributed by atoms with Crippen LogP contribution >= 0.6 is 0 Å². The molecule has 5 rings (SSSR count). The van der Waals surface area contributed by atoms with Crippen LogP contribution in [0.4, 0.5) is 8.78 Å². The second-order valence-corrected chi connectivity index (χ2v) is 13.6. The van der Waals surface area contributed by atoms with E-state index in [1.54, 1.807) is 12.1 Å². The number of carbonyl (C=O) groups is 2. The number of allylic oxidation sites excluding steroid dienone is 4. The van der Waals surface area contributed by atoms with E-state index in [-0.39, 0.29) is 30.6 Å². The molecule has 0 radical (unpaired) electrons. The van der Waals surface area contributed by atoms with Crippen molar-refractivity contribution in [2.75, 3.05) is 20.2 Å². The molecule has 0 amide bonds.